The Labute approximate surface area is 115 Å². The van der Waals surface area contributed by atoms with Gasteiger partial charge in [0.15, 0.2) is 0 Å². The maximum atomic E-state index is 5.38. The minimum Gasteiger partial charge on any atom is -0.301 e. The summed E-state index contributed by atoms with van der Waals surface area (Å²) >= 11 is 0. The molecule has 0 aromatic carbocycles. The highest BCUT2D eigenvalue weighted by Crippen LogP contribution is 2.22. The number of terminal acetylenes is 1. The van der Waals surface area contributed by atoms with Gasteiger partial charge in [-0.1, -0.05) is 71.1 Å². The molecule has 0 heterocycles. The molecule has 0 saturated carbocycles. The first kappa shape index (κ1) is 17.5. The maximum Gasteiger partial charge on any atom is 0.0577 e. The molecule has 0 amide bonds. The van der Waals surface area contributed by atoms with Crippen molar-refractivity contribution in [3.05, 3.63) is 0 Å². The zero-order valence-corrected chi connectivity index (χ0v) is 12.9. The Morgan fingerprint density at radius 3 is 1.78 bits per heavy atom. The van der Waals surface area contributed by atoms with Gasteiger partial charge >= 0.3 is 0 Å². The second-order valence-corrected chi connectivity index (χ2v) is 5.74. The molecule has 0 aliphatic carbocycles. The van der Waals surface area contributed by atoms with Crippen molar-refractivity contribution in [3.8, 4) is 12.3 Å². The summed E-state index contributed by atoms with van der Waals surface area (Å²) < 4.78 is 0. The summed E-state index contributed by atoms with van der Waals surface area (Å²) in [5, 5.41) is 3.56. The quantitative estimate of drug-likeness (QED) is 0.384. The van der Waals surface area contributed by atoms with Gasteiger partial charge < -0.3 is 5.32 Å². The van der Waals surface area contributed by atoms with E-state index < -0.39 is 0 Å². The molecule has 0 radical (unpaired) electrons. The molecular weight excluding hydrogens is 218 g/mol. The lowest BCUT2D eigenvalue weighted by atomic mass is 9.88. The van der Waals surface area contributed by atoms with E-state index in [1.165, 1.54) is 64.2 Å². The SMILES string of the molecule is C#CCNC(C)(CCCCCC)CCCCCC. The van der Waals surface area contributed by atoms with E-state index in [9.17, 15) is 0 Å². The van der Waals surface area contributed by atoms with Crippen LogP contribution in [0.15, 0.2) is 0 Å². The number of hydrogen-bond donors (Lipinski definition) is 1. The third kappa shape index (κ3) is 9.54. The molecule has 0 aromatic heterocycles. The molecule has 1 N–H and O–H groups in total. The molecule has 0 atom stereocenters. The largest absolute Gasteiger partial charge is 0.301 e. The summed E-state index contributed by atoms with van der Waals surface area (Å²) in [5.41, 5.74) is 0.258. The van der Waals surface area contributed by atoms with E-state index in [1.54, 1.807) is 0 Å². The lowest BCUT2D eigenvalue weighted by Gasteiger charge is -2.30. The zero-order valence-electron chi connectivity index (χ0n) is 12.9. The van der Waals surface area contributed by atoms with Gasteiger partial charge in [-0.15, -0.1) is 6.42 Å². The summed E-state index contributed by atoms with van der Waals surface area (Å²) in [6.45, 7) is 7.58. The van der Waals surface area contributed by atoms with Gasteiger partial charge in [0.05, 0.1) is 6.54 Å². The normalized spacial score (nSPS) is 11.4. The Morgan fingerprint density at radius 1 is 0.889 bits per heavy atom. The van der Waals surface area contributed by atoms with E-state index in [0.29, 0.717) is 6.54 Å². The molecule has 106 valence electrons. The molecule has 1 heteroatoms. The molecule has 0 unspecified atom stereocenters. The zero-order chi connectivity index (χ0) is 13.7. The van der Waals surface area contributed by atoms with Crippen molar-refractivity contribution in [1.82, 2.24) is 5.32 Å². The average Bonchev–Trinajstić information content (AvgIpc) is 2.38. The van der Waals surface area contributed by atoms with Crippen LogP contribution in [0.2, 0.25) is 0 Å². The Hall–Kier alpha value is -0.480. The minimum atomic E-state index is 0.258. The summed E-state index contributed by atoms with van der Waals surface area (Å²) in [6.07, 6.45) is 18.6. The Balaban J connectivity index is 3.95. The van der Waals surface area contributed by atoms with Crippen LogP contribution in [0.3, 0.4) is 0 Å². The summed E-state index contributed by atoms with van der Waals surface area (Å²) in [4.78, 5) is 0. The highest BCUT2D eigenvalue weighted by Gasteiger charge is 2.21. The van der Waals surface area contributed by atoms with Gasteiger partial charge in [-0.05, 0) is 19.8 Å². The van der Waals surface area contributed by atoms with Crippen molar-refractivity contribution in [2.75, 3.05) is 6.54 Å². The molecule has 0 fully saturated rings. The Bertz CT molecular complexity index is 202. The smallest absolute Gasteiger partial charge is 0.0577 e. The highest BCUT2D eigenvalue weighted by atomic mass is 15.0. The second-order valence-electron chi connectivity index (χ2n) is 5.74. The van der Waals surface area contributed by atoms with Crippen molar-refractivity contribution in [2.45, 2.75) is 90.5 Å². The first-order valence-electron chi connectivity index (χ1n) is 7.87. The van der Waals surface area contributed by atoms with Crippen molar-refractivity contribution >= 4 is 0 Å². The maximum absolute atomic E-state index is 5.38. The number of nitrogens with one attached hydrogen (secondary N) is 1. The molecular formula is C17H33N. The molecule has 0 aliphatic rings. The van der Waals surface area contributed by atoms with Crippen LogP contribution in [0.25, 0.3) is 0 Å². The Morgan fingerprint density at radius 2 is 1.39 bits per heavy atom. The van der Waals surface area contributed by atoms with Gasteiger partial charge in [0.1, 0.15) is 0 Å². The highest BCUT2D eigenvalue weighted by molar-refractivity contribution is 4.92. The molecule has 0 rings (SSSR count). The summed E-state index contributed by atoms with van der Waals surface area (Å²) in [5.74, 6) is 2.72. The molecule has 0 spiro atoms. The van der Waals surface area contributed by atoms with Crippen LogP contribution >= 0.6 is 0 Å². The van der Waals surface area contributed by atoms with Gasteiger partial charge in [0, 0.05) is 5.54 Å². The van der Waals surface area contributed by atoms with Gasteiger partial charge in [-0.25, -0.2) is 0 Å². The fourth-order valence-corrected chi connectivity index (χ4v) is 2.45. The van der Waals surface area contributed by atoms with E-state index in [4.69, 9.17) is 6.42 Å². The van der Waals surface area contributed by atoms with Crippen molar-refractivity contribution in [1.29, 1.82) is 0 Å². The lowest BCUT2D eigenvalue weighted by Crippen LogP contribution is -2.42. The lowest BCUT2D eigenvalue weighted by molar-refractivity contribution is 0.299. The fraction of sp³-hybridized carbons (Fsp3) is 0.882. The summed E-state index contributed by atoms with van der Waals surface area (Å²) in [6, 6.07) is 0. The number of hydrogen-bond acceptors (Lipinski definition) is 1. The molecule has 1 nitrogen and oxygen atoms in total. The van der Waals surface area contributed by atoms with Gasteiger partial charge in [0.2, 0.25) is 0 Å². The topological polar surface area (TPSA) is 12.0 Å². The molecule has 0 aliphatic heterocycles. The van der Waals surface area contributed by atoms with Crippen LogP contribution in [0, 0.1) is 12.3 Å². The summed E-state index contributed by atoms with van der Waals surface area (Å²) in [7, 11) is 0. The van der Waals surface area contributed by atoms with E-state index >= 15 is 0 Å². The van der Waals surface area contributed by atoms with Crippen LogP contribution < -0.4 is 5.32 Å². The molecule has 0 saturated heterocycles. The first-order valence-corrected chi connectivity index (χ1v) is 7.87. The fourth-order valence-electron chi connectivity index (χ4n) is 2.45. The van der Waals surface area contributed by atoms with E-state index in [0.717, 1.165) is 0 Å². The third-order valence-electron chi connectivity index (χ3n) is 3.78. The van der Waals surface area contributed by atoms with Crippen LogP contribution in [0.1, 0.15) is 85.0 Å². The molecule has 0 bridgehead atoms. The second kappa shape index (κ2) is 11.6. The van der Waals surface area contributed by atoms with E-state index in [-0.39, 0.29) is 5.54 Å². The van der Waals surface area contributed by atoms with Gasteiger partial charge in [0.25, 0.3) is 0 Å². The van der Waals surface area contributed by atoms with Crippen LogP contribution in [-0.2, 0) is 0 Å². The van der Waals surface area contributed by atoms with E-state index in [1.807, 2.05) is 0 Å². The minimum absolute atomic E-state index is 0.258. The molecule has 18 heavy (non-hydrogen) atoms. The van der Waals surface area contributed by atoms with E-state index in [2.05, 4.69) is 32.0 Å². The van der Waals surface area contributed by atoms with Crippen LogP contribution in [0.4, 0.5) is 0 Å². The van der Waals surface area contributed by atoms with Crippen molar-refractivity contribution < 1.29 is 0 Å². The third-order valence-corrected chi connectivity index (χ3v) is 3.78. The van der Waals surface area contributed by atoms with Crippen LogP contribution in [-0.4, -0.2) is 12.1 Å². The van der Waals surface area contributed by atoms with Crippen molar-refractivity contribution in [2.24, 2.45) is 0 Å². The van der Waals surface area contributed by atoms with Crippen molar-refractivity contribution in [3.63, 3.8) is 0 Å². The predicted octanol–water partition coefficient (Wildman–Crippen LogP) is 4.91. The van der Waals surface area contributed by atoms with Gasteiger partial charge in [-0.3, -0.25) is 0 Å². The number of rotatable bonds is 12. The van der Waals surface area contributed by atoms with Gasteiger partial charge in [-0.2, -0.15) is 0 Å². The monoisotopic (exact) mass is 251 g/mol. The standard InChI is InChI=1S/C17H33N/c1-5-8-10-12-14-17(4,18-16-7-3)15-13-11-9-6-2/h3,18H,5-6,8-16H2,1-2,4H3. The first-order chi connectivity index (χ1) is 8.68. The van der Waals surface area contributed by atoms with Crippen LogP contribution in [0.5, 0.6) is 0 Å². The Kier molecular flexibility index (Phi) is 11.3. The predicted molar refractivity (Wildman–Crippen MR) is 82.8 cm³/mol. The number of unbranched alkanes of at least 4 members (excludes halogenated alkanes) is 6. The molecule has 0 aromatic rings. The average molecular weight is 251 g/mol.